The summed E-state index contributed by atoms with van der Waals surface area (Å²) in [6.45, 7) is 3.45. The number of methoxy groups -OCH3 is 1. The number of carbonyl (C=O) groups excluding carboxylic acids is 3. The van der Waals surface area contributed by atoms with Gasteiger partial charge in [0.05, 0.1) is 18.4 Å². The number of nitrogens with one attached hydrogen (secondary N) is 2. The molecule has 0 spiro atoms. The Hall–Kier alpha value is -3.97. The third-order valence-corrected chi connectivity index (χ3v) is 6.11. The molecule has 1 saturated heterocycles. The van der Waals surface area contributed by atoms with Gasteiger partial charge in [0.15, 0.2) is 0 Å². The monoisotopic (exact) mass is 471 g/mol. The van der Waals surface area contributed by atoms with Crippen molar-refractivity contribution < 1.29 is 19.1 Å². The van der Waals surface area contributed by atoms with E-state index < -0.39 is 11.9 Å². The second-order valence-electron chi connectivity index (χ2n) is 8.62. The second kappa shape index (κ2) is 11.0. The highest BCUT2D eigenvalue weighted by Gasteiger charge is 2.19. The summed E-state index contributed by atoms with van der Waals surface area (Å²) in [6.07, 6.45) is 4.70. The van der Waals surface area contributed by atoms with Crippen LogP contribution in [0.15, 0.2) is 66.7 Å². The number of hydrogen-bond donors (Lipinski definition) is 2. The van der Waals surface area contributed by atoms with E-state index in [1.807, 2.05) is 54.4 Å². The van der Waals surface area contributed by atoms with Gasteiger partial charge in [-0.05, 0) is 65.9 Å². The lowest BCUT2D eigenvalue weighted by atomic mass is 10.0. The predicted molar refractivity (Wildman–Crippen MR) is 137 cm³/mol. The molecule has 1 heterocycles. The fourth-order valence-corrected chi connectivity index (χ4v) is 4.17. The first-order valence-electron chi connectivity index (χ1n) is 11.7. The topological polar surface area (TPSA) is 87.7 Å². The second-order valence-corrected chi connectivity index (χ2v) is 8.62. The third-order valence-electron chi connectivity index (χ3n) is 6.11. The van der Waals surface area contributed by atoms with Crippen LogP contribution in [0.2, 0.25) is 0 Å². The van der Waals surface area contributed by atoms with E-state index >= 15 is 0 Å². The number of anilines is 1. The molecule has 0 atom stereocenters. The third kappa shape index (κ3) is 5.94. The van der Waals surface area contributed by atoms with Gasteiger partial charge in [-0.15, -0.1) is 0 Å². The molecule has 1 aliphatic heterocycles. The van der Waals surface area contributed by atoms with Crippen LogP contribution in [0.25, 0.3) is 16.3 Å². The molecule has 1 aliphatic rings. The summed E-state index contributed by atoms with van der Waals surface area (Å²) in [5, 5.41) is 6.85. The molecule has 3 aromatic carbocycles. The van der Waals surface area contributed by atoms with E-state index in [9.17, 15) is 14.4 Å². The Bertz CT molecular complexity index is 1290. The smallest absolute Gasteiger partial charge is 0.339 e. The molecule has 0 bridgehead atoms. The quantitative estimate of drug-likeness (QED) is 0.398. The van der Waals surface area contributed by atoms with Crippen LogP contribution < -0.4 is 10.7 Å². The van der Waals surface area contributed by atoms with Crippen LogP contribution in [-0.4, -0.2) is 43.0 Å². The first-order valence-corrected chi connectivity index (χ1v) is 11.7. The summed E-state index contributed by atoms with van der Waals surface area (Å²) in [5.74, 6) is -1.30. The molecule has 3 aromatic rings. The molecule has 180 valence electrons. The Morgan fingerprint density at radius 1 is 0.886 bits per heavy atom. The summed E-state index contributed by atoms with van der Waals surface area (Å²) >= 11 is 0. The molecule has 35 heavy (non-hydrogen) atoms. The van der Waals surface area contributed by atoms with Crippen LogP contribution in [-0.2, 0) is 9.53 Å². The standard InChI is InChI=1S/C28H29N3O4/c1-19(21-11-10-20-8-4-5-9-22(20)17-21)16-26(32)29-25-18-23(12-13-24(25)28(34)35-2)27(33)30-31-14-6-3-7-15-31/h4-5,8-13,16-18H,3,6-7,14-15H2,1-2H3,(H,29,32)(H,30,33). The molecule has 1 fully saturated rings. The molecule has 0 saturated carbocycles. The van der Waals surface area contributed by atoms with Gasteiger partial charge in [-0.1, -0.05) is 42.8 Å². The minimum atomic E-state index is -0.599. The first kappa shape index (κ1) is 24.2. The number of allylic oxidation sites excluding steroid dienone is 1. The number of rotatable bonds is 6. The van der Waals surface area contributed by atoms with Crippen LogP contribution >= 0.6 is 0 Å². The molecule has 4 rings (SSSR count). The molecule has 7 nitrogen and oxygen atoms in total. The van der Waals surface area contributed by atoms with Gasteiger partial charge in [0.2, 0.25) is 5.91 Å². The van der Waals surface area contributed by atoms with Crippen molar-refractivity contribution in [2.75, 3.05) is 25.5 Å². The number of benzene rings is 3. The average molecular weight is 472 g/mol. The minimum absolute atomic E-state index is 0.173. The Morgan fingerprint density at radius 3 is 2.34 bits per heavy atom. The average Bonchev–Trinajstić information content (AvgIpc) is 2.88. The SMILES string of the molecule is COC(=O)c1ccc(C(=O)NN2CCCCC2)cc1NC(=O)C=C(C)c1ccc2ccccc2c1. The van der Waals surface area contributed by atoms with Gasteiger partial charge < -0.3 is 10.1 Å². The lowest BCUT2D eigenvalue weighted by Crippen LogP contribution is -2.45. The molecule has 0 aliphatic carbocycles. The molecule has 0 aromatic heterocycles. The Labute approximate surface area is 204 Å². The van der Waals surface area contributed by atoms with Gasteiger partial charge in [0, 0.05) is 24.7 Å². The fourth-order valence-electron chi connectivity index (χ4n) is 4.17. The first-order chi connectivity index (χ1) is 16.9. The number of nitrogens with zero attached hydrogens (tertiary/aromatic N) is 1. The van der Waals surface area contributed by atoms with Crippen LogP contribution in [0.3, 0.4) is 0 Å². The van der Waals surface area contributed by atoms with Crippen molar-refractivity contribution in [2.45, 2.75) is 26.2 Å². The van der Waals surface area contributed by atoms with Crippen molar-refractivity contribution in [2.24, 2.45) is 0 Å². The van der Waals surface area contributed by atoms with E-state index in [1.165, 1.54) is 25.3 Å². The Morgan fingerprint density at radius 2 is 1.60 bits per heavy atom. The lowest BCUT2D eigenvalue weighted by molar-refractivity contribution is -0.111. The highest BCUT2D eigenvalue weighted by atomic mass is 16.5. The van der Waals surface area contributed by atoms with E-state index in [2.05, 4.69) is 10.7 Å². The van der Waals surface area contributed by atoms with Crippen LogP contribution in [0.1, 0.15) is 52.5 Å². The maximum atomic E-state index is 12.9. The van der Waals surface area contributed by atoms with E-state index in [0.717, 1.165) is 54.3 Å². The van der Waals surface area contributed by atoms with E-state index in [1.54, 1.807) is 6.07 Å². The number of fused-ring (bicyclic) bond motifs is 1. The normalized spacial score (nSPS) is 14.4. The van der Waals surface area contributed by atoms with Crippen molar-refractivity contribution in [1.82, 2.24) is 10.4 Å². The molecular formula is C28H29N3O4. The highest BCUT2D eigenvalue weighted by Crippen LogP contribution is 2.23. The fraction of sp³-hybridized carbons (Fsp3) is 0.250. The Kier molecular flexibility index (Phi) is 7.57. The maximum absolute atomic E-state index is 12.9. The van der Waals surface area contributed by atoms with Gasteiger partial charge in [0.1, 0.15) is 0 Å². The van der Waals surface area contributed by atoms with Gasteiger partial charge in [-0.3, -0.25) is 15.0 Å². The molecule has 7 heteroatoms. The zero-order chi connectivity index (χ0) is 24.8. The number of ether oxygens (including phenoxy) is 1. The zero-order valence-corrected chi connectivity index (χ0v) is 20.0. The molecule has 2 amide bonds. The van der Waals surface area contributed by atoms with Crippen molar-refractivity contribution >= 4 is 39.8 Å². The van der Waals surface area contributed by atoms with E-state index in [0.29, 0.717) is 5.56 Å². The summed E-state index contributed by atoms with van der Waals surface area (Å²) < 4.78 is 4.86. The number of amides is 2. The largest absolute Gasteiger partial charge is 0.465 e. The van der Waals surface area contributed by atoms with Crippen LogP contribution in [0, 0.1) is 0 Å². The maximum Gasteiger partial charge on any atom is 0.339 e. The summed E-state index contributed by atoms with van der Waals surface area (Å²) in [6, 6.07) is 18.6. The molecular weight excluding hydrogens is 442 g/mol. The van der Waals surface area contributed by atoms with Crippen LogP contribution in [0.5, 0.6) is 0 Å². The van der Waals surface area contributed by atoms with Crippen molar-refractivity contribution in [3.8, 4) is 0 Å². The lowest BCUT2D eigenvalue weighted by Gasteiger charge is -2.26. The van der Waals surface area contributed by atoms with Gasteiger partial charge in [-0.25, -0.2) is 9.80 Å². The number of esters is 1. The Balaban J connectivity index is 1.55. The minimum Gasteiger partial charge on any atom is -0.465 e. The van der Waals surface area contributed by atoms with E-state index in [-0.39, 0.29) is 17.2 Å². The van der Waals surface area contributed by atoms with Gasteiger partial charge in [-0.2, -0.15) is 0 Å². The predicted octanol–water partition coefficient (Wildman–Crippen LogP) is 4.80. The number of piperidine rings is 1. The summed E-state index contributed by atoms with van der Waals surface area (Å²) in [4.78, 5) is 37.9. The number of hydrazine groups is 1. The van der Waals surface area contributed by atoms with E-state index in [4.69, 9.17) is 4.74 Å². The zero-order valence-electron chi connectivity index (χ0n) is 20.0. The highest BCUT2D eigenvalue weighted by molar-refractivity contribution is 6.09. The molecule has 2 N–H and O–H groups in total. The van der Waals surface area contributed by atoms with Gasteiger partial charge in [0.25, 0.3) is 5.91 Å². The molecule has 0 radical (unpaired) electrons. The number of hydrogen-bond acceptors (Lipinski definition) is 5. The summed E-state index contributed by atoms with van der Waals surface area (Å²) in [7, 11) is 1.27. The number of carbonyl (C=O) groups is 3. The van der Waals surface area contributed by atoms with Crippen LogP contribution in [0.4, 0.5) is 5.69 Å². The summed E-state index contributed by atoms with van der Waals surface area (Å²) in [5.41, 5.74) is 5.32. The van der Waals surface area contributed by atoms with Crippen molar-refractivity contribution in [3.63, 3.8) is 0 Å². The van der Waals surface area contributed by atoms with Gasteiger partial charge >= 0.3 is 5.97 Å². The molecule has 0 unspecified atom stereocenters. The van der Waals surface area contributed by atoms with Crippen molar-refractivity contribution in [1.29, 1.82) is 0 Å². The van der Waals surface area contributed by atoms with Crippen molar-refractivity contribution in [3.05, 3.63) is 83.4 Å².